The molecule has 0 radical (unpaired) electrons. The lowest BCUT2D eigenvalue weighted by atomic mass is 10.2. The lowest BCUT2D eigenvalue weighted by Gasteiger charge is -2.18. The van der Waals surface area contributed by atoms with E-state index in [1.807, 2.05) is 4.90 Å². The van der Waals surface area contributed by atoms with Crippen LogP contribution in [-0.4, -0.2) is 49.1 Å². The van der Waals surface area contributed by atoms with Gasteiger partial charge in [-0.3, -0.25) is 14.9 Å². The Labute approximate surface area is 186 Å². The van der Waals surface area contributed by atoms with E-state index in [0.29, 0.717) is 21.7 Å². The second kappa shape index (κ2) is 8.86. The Morgan fingerprint density at radius 2 is 2.19 bits per heavy atom. The average molecular weight is 458 g/mol. The second-order valence-electron chi connectivity index (χ2n) is 7.44. The minimum absolute atomic E-state index is 0.0224. The number of anilines is 2. The van der Waals surface area contributed by atoms with Gasteiger partial charge in [0.2, 0.25) is 5.16 Å². The number of amides is 1. The molecule has 2 aromatic heterocycles. The fourth-order valence-corrected chi connectivity index (χ4v) is 4.18. The smallest absolute Gasteiger partial charge is 0.270 e. The lowest BCUT2D eigenvalue weighted by Crippen LogP contribution is -2.20. The van der Waals surface area contributed by atoms with Crippen molar-refractivity contribution in [3.8, 4) is 0 Å². The summed E-state index contributed by atoms with van der Waals surface area (Å²) < 4.78 is 16.1. The van der Waals surface area contributed by atoms with Gasteiger partial charge in [0, 0.05) is 43.2 Å². The van der Waals surface area contributed by atoms with E-state index < -0.39 is 16.6 Å². The zero-order valence-corrected chi connectivity index (χ0v) is 18.0. The molecule has 1 aromatic carbocycles. The summed E-state index contributed by atoms with van der Waals surface area (Å²) in [5, 5.41) is 25.1. The normalized spacial score (nSPS) is 15.7. The molecule has 0 unspecified atom stereocenters. The third-order valence-electron chi connectivity index (χ3n) is 5.05. The summed E-state index contributed by atoms with van der Waals surface area (Å²) in [7, 11) is 1.62. The summed E-state index contributed by atoms with van der Waals surface area (Å²) in [6.07, 6.45) is 2.53. The van der Waals surface area contributed by atoms with E-state index in [1.165, 1.54) is 29.1 Å². The Bertz CT molecular complexity index is 1190. The summed E-state index contributed by atoms with van der Waals surface area (Å²) in [6.45, 7) is 3.77. The molecule has 166 valence electrons. The number of nitrogens with one attached hydrogen (secondary N) is 1. The van der Waals surface area contributed by atoms with Crippen LogP contribution in [-0.2, 0) is 7.05 Å². The molecule has 1 amide bonds. The summed E-state index contributed by atoms with van der Waals surface area (Å²) in [4.78, 5) is 30.0. The van der Waals surface area contributed by atoms with Crippen LogP contribution in [0.3, 0.4) is 0 Å². The molecule has 3 heterocycles. The number of nitro benzene ring substituents is 1. The summed E-state index contributed by atoms with van der Waals surface area (Å²) in [5.41, 5.74) is 0.347. The van der Waals surface area contributed by atoms with Crippen molar-refractivity contribution in [2.75, 3.05) is 23.3 Å². The monoisotopic (exact) mass is 458 g/mol. The number of carbonyl (C=O) groups excluding carboxylic acids is 1. The van der Waals surface area contributed by atoms with Gasteiger partial charge in [-0.1, -0.05) is 6.92 Å². The Kier molecular flexibility index (Phi) is 5.99. The average Bonchev–Trinajstić information content (AvgIpc) is 3.37. The fourth-order valence-electron chi connectivity index (χ4n) is 3.34. The van der Waals surface area contributed by atoms with Crippen LogP contribution in [0.5, 0.6) is 0 Å². The van der Waals surface area contributed by atoms with Crippen molar-refractivity contribution >= 4 is 34.9 Å². The summed E-state index contributed by atoms with van der Waals surface area (Å²) >= 11 is 1.05. The van der Waals surface area contributed by atoms with Crippen LogP contribution in [0.1, 0.15) is 23.7 Å². The number of nitro groups is 1. The van der Waals surface area contributed by atoms with E-state index in [2.05, 4.69) is 32.7 Å². The van der Waals surface area contributed by atoms with E-state index in [0.717, 1.165) is 37.3 Å². The molecule has 0 saturated carbocycles. The van der Waals surface area contributed by atoms with Gasteiger partial charge in [0.25, 0.3) is 11.6 Å². The largest absolute Gasteiger partial charge is 0.370 e. The standard InChI is InChI=1S/C19H19FN8O3S/c1-11-5-6-27(10-11)13-8-15(20)17(21-9-13)22-18(29)14-7-12(28(30)31)3-4-16(14)32-19-23-24-25-26(19)2/h3-4,7-9,11H,5-6,10H2,1-2H3,(H,21,22,29)/t11-/m0/s1. The number of non-ortho nitro benzene ring substituents is 1. The van der Waals surface area contributed by atoms with Crippen molar-refractivity contribution in [2.24, 2.45) is 13.0 Å². The minimum Gasteiger partial charge on any atom is -0.370 e. The van der Waals surface area contributed by atoms with Crippen LogP contribution in [0.4, 0.5) is 21.6 Å². The van der Waals surface area contributed by atoms with Crippen LogP contribution < -0.4 is 10.2 Å². The Morgan fingerprint density at radius 1 is 1.38 bits per heavy atom. The molecule has 0 spiro atoms. The number of tetrazole rings is 1. The molecule has 32 heavy (non-hydrogen) atoms. The highest BCUT2D eigenvalue weighted by molar-refractivity contribution is 7.99. The molecule has 1 atom stereocenters. The Morgan fingerprint density at radius 3 is 2.81 bits per heavy atom. The highest BCUT2D eigenvalue weighted by atomic mass is 32.2. The van der Waals surface area contributed by atoms with Gasteiger partial charge in [0.05, 0.1) is 22.4 Å². The SMILES string of the molecule is C[C@H]1CCN(c2cnc(NC(=O)c3cc([N+](=O)[O-])ccc3Sc3nnnn3C)c(F)c2)C1. The molecule has 3 aromatic rings. The molecule has 0 aliphatic carbocycles. The van der Waals surface area contributed by atoms with Crippen molar-refractivity contribution in [3.05, 3.63) is 52.0 Å². The zero-order chi connectivity index (χ0) is 22.8. The molecule has 1 aliphatic heterocycles. The second-order valence-corrected chi connectivity index (χ2v) is 8.45. The first-order valence-corrected chi connectivity index (χ1v) is 10.5. The predicted octanol–water partition coefficient (Wildman–Crippen LogP) is 2.90. The molecule has 11 nitrogen and oxygen atoms in total. The van der Waals surface area contributed by atoms with Crippen molar-refractivity contribution in [1.82, 2.24) is 25.2 Å². The maximum Gasteiger partial charge on any atom is 0.270 e. The molecule has 1 fully saturated rings. The molecule has 1 aliphatic rings. The molecule has 1 N–H and O–H groups in total. The number of halogens is 1. The maximum atomic E-state index is 14.7. The molecule has 0 bridgehead atoms. The number of rotatable bonds is 6. The predicted molar refractivity (Wildman–Crippen MR) is 114 cm³/mol. The Balaban J connectivity index is 1.60. The minimum atomic E-state index is -0.736. The van der Waals surface area contributed by atoms with Gasteiger partial charge in [-0.05, 0) is 40.6 Å². The zero-order valence-electron chi connectivity index (χ0n) is 17.2. The van der Waals surface area contributed by atoms with Crippen LogP contribution in [0.2, 0.25) is 0 Å². The first-order valence-electron chi connectivity index (χ1n) is 9.72. The maximum absolute atomic E-state index is 14.7. The summed E-state index contributed by atoms with van der Waals surface area (Å²) in [5.74, 6) is -1.16. The van der Waals surface area contributed by atoms with Gasteiger partial charge in [-0.15, -0.1) is 5.10 Å². The number of nitrogens with zero attached hydrogens (tertiary/aromatic N) is 7. The number of carbonyl (C=O) groups is 1. The van der Waals surface area contributed by atoms with E-state index in [-0.39, 0.29) is 17.1 Å². The van der Waals surface area contributed by atoms with E-state index in [1.54, 1.807) is 7.05 Å². The van der Waals surface area contributed by atoms with Crippen molar-refractivity contribution in [3.63, 3.8) is 0 Å². The quantitative estimate of drug-likeness (QED) is 0.437. The van der Waals surface area contributed by atoms with Crippen molar-refractivity contribution in [2.45, 2.75) is 23.4 Å². The third kappa shape index (κ3) is 4.51. The van der Waals surface area contributed by atoms with Crippen molar-refractivity contribution in [1.29, 1.82) is 0 Å². The number of hydrogen-bond donors (Lipinski definition) is 1. The highest BCUT2D eigenvalue weighted by Gasteiger charge is 2.23. The van der Waals surface area contributed by atoms with Gasteiger partial charge in [-0.2, -0.15) is 0 Å². The first kappa shape index (κ1) is 21.6. The van der Waals surface area contributed by atoms with Gasteiger partial charge in [0.15, 0.2) is 11.6 Å². The molecule has 1 saturated heterocycles. The van der Waals surface area contributed by atoms with E-state index >= 15 is 0 Å². The van der Waals surface area contributed by atoms with Gasteiger partial charge in [0.1, 0.15) is 0 Å². The van der Waals surface area contributed by atoms with Gasteiger partial charge in [-0.25, -0.2) is 14.1 Å². The van der Waals surface area contributed by atoms with Crippen molar-refractivity contribution < 1.29 is 14.1 Å². The number of benzene rings is 1. The lowest BCUT2D eigenvalue weighted by molar-refractivity contribution is -0.384. The van der Waals surface area contributed by atoms with E-state index in [9.17, 15) is 19.3 Å². The van der Waals surface area contributed by atoms with Gasteiger partial charge < -0.3 is 10.2 Å². The van der Waals surface area contributed by atoms with Crippen LogP contribution in [0.25, 0.3) is 0 Å². The first-order chi connectivity index (χ1) is 15.3. The molecular weight excluding hydrogens is 439 g/mol. The number of pyridine rings is 1. The summed E-state index contributed by atoms with van der Waals surface area (Å²) in [6, 6.07) is 5.15. The fraction of sp³-hybridized carbons (Fsp3) is 0.316. The van der Waals surface area contributed by atoms with E-state index in [4.69, 9.17) is 0 Å². The number of aromatic nitrogens is 5. The van der Waals surface area contributed by atoms with Crippen LogP contribution in [0, 0.1) is 21.8 Å². The number of aryl methyl sites for hydroxylation is 1. The van der Waals surface area contributed by atoms with Crippen LogP contribution in [0.15, 0.2) is 40.5 Å². The topological polar surface area (TPSA) is 132 Å². The molecule has 13 heteroatoms. The molecule has 4 rings (SSSR count). The van der Waals surface area contributed by atoms with Crippen LogP contribution >= 0.6 is 11.8 Å². The third-order valence-corrected chi connectivity index (χ3v) is 6.15. The Hall–Kier alpha value is -3.61. The molecular formula is C19H19FN8O3S. The van der Waals surface area contributed by atoms with Gasteiger partial charge >= 0.3 is 0 Å². The highest BCUT2D eigenvalue weighted by Crippen LogP contribution is 2.32. The number of hydrogen-bond acceptors (Lipinski definition) is 9.